The molecule has 0 bridgehead atoms. The monoisotopic (exact) mass is 208 g/mol. The number of benzene rings is 1. The topological polar surface area (TPSA) is 3.24 Å². The number of hydrogen-bond donors (Lipinski definition) is 0. The van der Waals surface area contributed by atoms with Crippen LogP contribution in [0.4, 0.5) is 0 Å². The molecule has 1 aliphatic rings. The predicted molar refractivity (Wildman–Crippen MR) is 56.5 cm³/mol. The van der Waals surface area contributed by atoms with Gasteiger partial charge in [-0.05, 0) is 24.6 Å². The Kier molecular flexibility index (Phi) is 4.18. The van der Waals surface area contributed by atoms with Crippen molar-refractivity contribution in [2.24, 2.45) is 0 Å². The van der Waals surface area contributed by atoms with Gasteiger partial charge in [0.25, 0.3) is 0 Å². The Balaban J connectivity index is 0.000000980. The Bertz CT molecular complexity index is 305. The predicted octanol–water partition coefficient (Wildman–Crippen LogP) is -0.590. The Morgan fingerprint density at radius 1 is 1.14 bits per heavy atom. The maximum absolute atomic E-state index is 2.34. The zero-order chi connectivity index (χ0) is 9.10. The van der Waals surface area contributed by atoms with Crippen LogP contribution in [-0.2, 0) is 0 Å². The van der Waals surface area contributed by atoms with Crippen molar-refractivity contribution in [3.8, 4) is 0 Å². The minimum atomic E-state index is 0. The van der Waals surface area contributed by atoms with Crippen LogP contribution in [0.15, 0.2) is 36.4 Å². The lowest BCUT2D eigenvalue weighted by atomic mass is 10.00. The first-order valence-electron chi connectivity index (χ1n) is 4.79. The standard InChI is InChI=1S/C12H15N.ClH/c1-13-9-7-12(8-10-13)11-5-3-2-4-6-11;/h2-7H,8-10H2,1H3;1H/p-1. The van der Waals surface area contributed by atoms with Crippen molar-refractivity contribution in [3.05, 3.63) is 42.0 Å². The highest BCUT2D eigenvalue weighted by atomic mass is 35.5. The molecule has 1 aromatic rings. The van der Waals surface area contributed by atoms with E-state index in [1.54, 1.807) is 0 Å². The molecule has 1 heterocycles. The van der Waals surface area contributed by atoms with E-state index < -0.39 is 0 Å². The number of nitrogens with zero attached hydrogens (tertiary/aromatic N) is 1. The quantitative estimate of drug-likeness (QED) is 0.597. The molecule has 1 aliphatic heterocycles. The maximum atomic E-state index is 2.34. The van der Waals surface area contributed by atoms with Crippen LogP contribution < -0.4 is 12.4 Å². The van der Waals surface area contributed by atoms with Gasteiger partial charge in [-0.1, -0.05) is 36.4 Å². The molecule has 0 spiro atoms. The molecular weight excluding hydrogens is 194 g/mol. The molecule has 2 rings (SSSR count). The third-order valence-electron chi connectivity index (χ3n) is 2.56. The normalized spacial score (nSPS) is 17.1. The van der Waals surface area contributed by atoms with E-state index in [2.05, 4.69) is 48.4 Å². The first-order valence-corrected chi connectivity index (χ1v) is 4.79. The van der Waals surface area contributed by atoms with Crippen LogP contribution in [0.5, 0.6) is 0 Å². The second kappa shape index (κ2) is 5.18. The highest BCUT2D eigenvalue weighted by Gasteiger charge is 2.08. The Morgan fingerprint density at radius 2 is 1.86 bits per heavy atom. The first kappa shape index (κ1) is 11.3. The van der Waals surface area contributed by atoms with Crippen molar-refractivity contribution in [1.29, 1.82) is 0 Å². The van der Waals surface area contributed by atoms with Gasteiger partial charge in [-0.2, -0.15) is 0 Å². The molecule has 0 unspecified atom stereocenters. The molecule has 2 heteroatoms. The molecule has 0 N–H and O–H groups in total. The van der Waals surface area contributed by atoms with Crippen molar-refractivity contribution >= 4 is 5.57 Å². The van der Waals surface area contributed by atoms with Crippen LogP contribution in [0.2, 0.25) is 0 Å². The van der Waals surface area contributed by atoms with Crippen LogP contribution in [0.25, 0.3) is 5.57 Å². The average molecular weight is 209 g/mol. The van der Waals surface area contributed by atoms with E-state index in [-0.39, 0.29) is 12.4 Å². The van der Waals surface area contributed by atoms with E-state index in [9.17, 15) is 0 Å². The molecule has 0 aliphatic carbocycles. The van der Waals surface area contributed by atoms with E-state index in [1.807, 2.05) is 0 Å². The molecule has 14 heavy (non-hydrogen) atoms. The minimum Gasteiger partial charge on any atom is -1.00 e. The molecule has 0 saturated carbocycles. The third kappa shape index (κ3) is 2.60. The highest BCUT2D eigenvalue weighted by molar-refractivity contribution is 5.66. The number of likely N-dealkylation sites (N-methyl/N-ethyl adjacent to an activating group) is 1. The van der Waals surface area contributed by atoms with E-state index in [1.165, 1.54) is 24.1 Å². The minimum absolute atomic E-state index is 0. The fourth-order valence-electron chi connectivity index (χ4n) is 1.69. The summed E-state index contributed by atoms with van der Waals surface area (Å²) in [4.78, 5) is 2.34. The van der Waals surface area contributed by atoms with Crippen molar-refractivity contribution in [1.82, 2.24) is 4.90 Å². The van der Waals surface area contributed by atoms with Gasteiger partial charge in [-0.3, -0.25) is 0 Å². The van der Waals surface area contributed by atoms with Gasteiger partial charge in [0, 0.05) is 13.1 Å². The highest BCUT2D eigenvalue weighted by Crippen LogP contribution is 2.20. The molecule has 0 radical (unpaired) electrons. The van der Waals surface area contributed by atoms with Crippen molar-refractivity contribution < 1.29 is 12.4 Å². The molecule has 76 valence electrons. The Morgan fingerprint density at radius 3 is 2.43 bits per heavy atom. The zero-order valence-electron chi connectivity index (χ0n) is 8.41. The Labute approximate surface area is 91.8 Å². The van der Waals surface area contributed by atoms with Crippen LogP contribution in [0.1, 0.15) is 12.0 Å². The molecular formula is C12H15ClN-. The number of hydrogen-bond acceptors (Lipinski definition) is 1. The summed E-state index contributed by atoms with van der Waals surface area (Å²) in [5.41, 5.74) is 2.88. The second-order valence-electron chi connectivity index (χ2n) is 3.61. The summed E-state index contributed by atoms with van der Waals surface area (Å²) in [6.07, 6.45) is 3.51. The number of rotatable bonds is 1. The molecule has 1 aromatic carbocycles. The summed E-state index contributed by atoms with van der Waals surface area (Å²) in [6, 6.07) is 10.7. The van der Waals surface area contributed by atoms with E-state index in [0.29, 0.717) is 0 Å². The van der Waals surface area contributed by atoms with Gasteiger partial charge in [-0.25, -0.2) is 0 Å². The summed E-state index contributed by atoms with van der Waals surface area (Å²) < 4.78 is 0. The summed E-state index contributed by atoms with van der Waals surface area (Å²) in [5, 5.41) is 0. The fourth-order valence-corrected chi connectivity index (χ4v) is 1.69. The zero-order valence-corrected chi connectivity index (χ0v) is 9.17. The third-order valence-corrected chi connectivity index (χ3v) is 2.56. The lowest BCUT2D eigenvalue weighted by Crippen LogP contribution is -3.00. The summed E-state index contributed by atoms with van der Waals surface area (Å²) in [5.74, 6) is 0. The van der Waals surface area contributed by atoms with Gasteiger partial charge in [-0.15, -0.1) is 0 Å². The van der Waals surface area contributed by atoms with Gasteiger partial charge in [0.15, 0.2) is 0 Å². The smallest absolute Gasteiger partial charge is 0.0166 e. The molecule has 0 saturated heterocycles. The maximum Gasteiger partial charge on any atom is 0.0166 e. The SMILES string of the molecule is CN1CC=C(c2ccccc2)CC1.[Cl-]. The molecule has 0 aromatic heterocycles. The summed E-state index contributed by atoms with van der Waals surface area (Å²) in [7, 11) is 2.16. The van der Waals surface area contributed by atoms with E-state index >= 15 is 0 Å². The van der Waals surface area contributed by atoms with E-state index in [0.717, 1.165) is 6.54 Å². The van der Waals surface area contributed by atoms with Crippen molar-refractivity contribution in [2.45, 2.75) is 6.42 Å². The van der Waals surface area contributed by atoms with Crippen LogP contribution in [0.3, 0.4) is 0 Å². The average Bonchev–Trinajstić information content (AvgIpc) is 2.20. The first-order chi connectivity index (χ1) is 6.36. The van der Waals surface area contributed by atoms with Gasteiger partial charge < -0.3 is 17.3 Å². The van der Waals surface area contributed by atoms with Gasteiger partial charge in [0.2, 0.25) is 0 Å². The summed E-state index contributed by atoms with van der Waals surface area (Å²) in [6.45, 7) is 2.27. The fraction of sp³-hybridized carbons (Fsp3) is 0.333. The second-order valence-corrected chi connectivity index (χ2v) is 3.61. The van der Waals surface area contributed by atoms with Gasteiger partial charge in [0.1, 0.15) is 0 Å². The van der Waals surface area contributed by atoms with Crippen LogP contribution in [0, 0.1) is 0 Å². The molecule has 0 fully saturated rings. The molecule has 0 amide bonds. The van der Waals surface area contributed by atoms with E-state index in [4.69, 9.17) is 0 Å². The van der Waals surface area contributed by atoms with Gasteiger partial charge >= 0.3 is 0 Å². The van der Waals surface area contributed by atoms with Crippen LogP contribution in [-0.4, -0.2) is 25.0 Å². The lowest BCUT2D eigenvalue weighted by Gasteiger charge is -2.21. The van der Waals surface area contributed by atoms with Crippen LogP contribution >= 0.6 is 0 Å². The molecule has 1 nitrogen and oxygen atoms in total. The Hall–Kier alpha value is -0.790. The molecule has 0 atom stereocenters. The van der Waals surface area contributed by atoms with Crippen molar-refractivity contribution in [2.75, 3.05) is 20.1 Å². The van der Waals surface area contributed by atoms with Crippen molar-refractivity contribution in [3.63, 3.8) is 0 Å². The lowest BCUT2D eigenvalue weighted by molar-refractivity contribution is -0.00000265. The largest absolute Gasteiger partial charge is 1.00 e. The number of halogens is 1. The van der Waals surface area contributed by atoms with Gasteiger partial charge in [0.05, 0.1) is 0 Å². The summed E-state index contributed by atoms with van der Waals surface area (Å²) >= 11 is 0.